The highest BCUT2D eigenvalue weighted by Crippen LogP contribution is 2.32. The van der Waals surface area contributed by atoms with Crippen molar-refractivity contribution in [2.45, 2.75) is 0 Å². The molecule has 2 rings (SSSR count). The summed E-state index contributed by atoms with van der Waals surface area (Å²) in [7, 11) is 2.77. The van der Waals surface area contributed by atoms with E-state index in [0.29, 0.717) is 0 Å². The molecule has 0 nitrogen and oxygen atoms in total. The molecular formula is C7H5P2-. The van der Waals surface area contributed by atoms with Gasteiger partial charge in [0.2, 0.25) is 0 Å². The van der Waals surface area contributed by atoms with Crippen molar-refractivity contribution >= 4 is 26.6 Å². The van der Waals surface area contributed by atoms with E-state index in [-0.39, 0.29) is 0 Å². The summed E-state index contributed by atoms with van der Waals surface area (Å²) >= 11 is 0. The summed E-state index contributed by atoms with van der Waals surface area (Å²) in [6.07, 6.45) is 0. The molecule has 0 N–H and O–H groups in total. The first-order valence-corrected chi connectivity index (χ1v) is 4.72. The molecule has 2 aromatic rings. The van der Waals surface area contributed by atoms with Crippen LogP contribution in [0.25, 0.3) is 10.2 Å². The highest BCUT2D eigenvalue weighted by Gasteiger charge is 1.77. The van der Waals surface area contributed by atoms with E-state index >= 15 is 0 Å². The second-order valence-electron chi connectivity index (χ2n) is 1.86. The molecule has 0 unspecified atom stereocenters. The maximum absolute atomic E-state index is 2.27. The van der Waals surface area contributed by atoms with Crippen LogP contribution in [0, 0.1) is 0 Å². The summed E-state index contributed by atoms with van der Waals surface area (Å²) in [4.78, 5) is 0. The van der Waals surface area contributed by atoms with Crippen LogP contribution in [0.1, 0.15) is 0 Å². The lowest BCUT2D eigenvalue weighted by Gasteiger charge is -1.90. The van der Waals surface area contributed by atoms with E-state index in [9.17, 15) is 0 Å². The Morgan fingerprint density at radius 1 is 1.22 bits per heavy atom. The molecule has 0 bridgehead atoms. The van der Waals surface area contributed by atoms with E-state index in [0.717, 1.165) is 0 Å². The summed E-state index contributed by atoms with van der Waals surface area (Å²) < 4.78 is 0. The third-order valence-corrected chi connectivity index (χ3v) is 3.71. The minimum Gasteiger partial charge on any atom is -0.307 e. The molecule has 0 aliphatic rings. The molecule has 0 radical (unpaired) electrons. The van der Waals surface area contributed by atoms with E-state index < -0.39 is 0 Å². The van der Waals surface area contributed by atoms with Gasteiger partial charge in [-0.05, 0) is 0 Å². The first-order valence-electron chi connectivity index (χ1n) is 2.79. The highest BCUT2D eigenvalue weighted by molar-refractivity contribution is 7.54. The molecule has 9 heavy (non-hydrogen) atoms. The second-order valence-corrected chi connectivity index (χ2v) is 4.27. The smallest absolute Gasteiger partial charge is 0.0629 e. The van der Waals surface area contributed by atoms with E-state index in [1.165, 1.54) is 26.6 Å². The molecule has 0 fully saturated rings. The van der Waals surface area contributed by atoms with Crippen molar-refractivity contribution in [1.29, 1.82) is 0 Å². The van der Waals surface area contributed by atoms with Crippen LogP contribution in [0.3, 0.4) is 0 Å². The van der Waals surface area contributed by atoms with Gasteiger partial charge in [-0.15, -0.1) is 10.2 Å². The van der Waals surface area contributed by atoms with Crippen molar-refractivity contribution in [2.24, 2.45) is 0 Å². The summed E-state index contributed by atoms with van der Waals surface area (Å²) in [5.74, 6) is 0. The van der Waals surface area contributed by atoms with E-state index in [2.05, 4.69) is 29.8 Å². The van der Waals surface area contributed by atoms with Gasteiger partial charge in [0, 0.05) is 0 Å². The van der Waals surface area contributed by atoms with Crippen LogP contribution in [0.4, 0.5) is 0 Å². The number of hydrogen-bond donors (Lipinski definition) is 0. The monoisotopic (exact) mass is 151 g/mol. The Hall–Kier alpha value is -0.310. The first kappa shape index (κ1) is 5.47. The van der Waals surface area contributed by atoms with Gasteiger partial charge in [0.05, 0.1) is 0 Å². The Labute approximate surface area is 57.1 Å². The third-order valence-electron chi connectivity index (χ3n) is 1.28. The molecule has 1 aromatic heterocycles. The van der Waals surface area contributed by atoms with Crippen LogP contribution in [0.15, 0.2) is 29.8 Å². The fourth-order valence-electron chi connectivity index (χ4n) is 0.836. The van der Waals surface area contributed by atoms with Gasteiger partial charge in [-0.1, -0.05) is 24.3 Å². The second kappa shape index (κ2) is 2.14. The highest BCUT2D eigenvalue weighted by atomic mass is 31.1. The van der Waals surface area contributed by atoms with Gasteiger partial charge >= 0.3 is 0 Å². The summed E-state index contributed by atoms with van der Waals surface area (Å²) in [5.41, 5.74) is 2.27. The number of hydrogen-bond acceptors (Lipinski definition) is 0. The average Bonchev–Trinajstić information content (AvgIpc) is 2.33. The molecule has 44 valence electrons. The average molecular weight is 151 g/mol. The predicted octanol–water partition coefficient (Wildman–Crippen LogP) is 3.72. The molecule has 0 saturated carbocycles. The van der Waals surface area contributed by atoms with Gasteiger partial charge in [0.25, 0.3) is 0 Å². The third kappa shape index (κ3) is 0.894. The summed E-state index contributed by atoms with van der Waals surface area (Å²) in [6.45, 7) is 0. The molecule has 0 aliphatic carbocycles. The normalized spacial score (nSPS) is 12.0. The van der Waals surface area contributed by atoms with E-state index in [1.807, 2.05) is 0 Å². The number of benzene rings is 1. The fraction of sp³-hybridized carbons (Fsp3) is 0. The minimum atomic E-state index is 1.39. The Morgan fingerprint density at radius 3 is 3.00 bits per heavy atom. The zero-order chi connectivity index (χ0) is 6.10. The zero-order valence-electron chi connectivity index (χ0n) is 4.78. The maximum Gasteiger partial charge on any atom is -0.0629 e. The molecule has 0 aliphatic heterocycles. The number of rotatable bonds is 0. The van der Waals surface area contributed by atoms with Gasteiger partial charge < -0.3 is 16.4 Å². The van der Waals surface area contributed by atoms with Crippen LogP contribution in [0.2, 0.25) is 0 Å². The van der Waals surface area contributed by atoms with Crippen LogP contribution >= 0.6 is 16.4 Å². The SMILES string of the molecule is c1ccc2[p-]cpc2c1. The molecule has 1 aromatic carbocycles. The predicted molar refractivity (Wildman–Crippen MR) is 44.6 cm³/mol. The Bertz CT molecular complexity index is 281. The van der Waals surface area contributed by atoms with Crippen molar-refractivity contribution in [3.8, 4) is 0 Å². The van der Waals surface area contributed by atoms with Gasteiger partial charge in [-0.25, -0.2) is 0 Å². The topological polar surface area (TPSA) is 0 Å². The van der Waals surface area contributed by atoms with E-state index in [1.54, 1.807) is 0 Å². The summed E-state index contributed by atoms with van der Waals surface area (Å²) in [5, 5.41) is 2.94. The van der Waals surface area contributed by atoms with Crippen molar-refractivity contribution in [3.05, 3.63) is 29.8 Å². The Morgan fingerprint density at radius 2 is 2.11 bits per heavy atom. The van der Waals surface area contributed by atoms with Crippen LogP contribution in [-0.2, 0) is 0 Å². The van der Waals surface area contributed by atoms with E-state index in [4.69, 9.17) is 0 Å². The lowest BCUT2D eigenvalue weighted by molar-refractivity contribution is 1.88. The first-order chi connectivity index (χ1) is 4.47. The van der Waals surface area contributed by atoms with Crippen LogP contribution < -0.4 is 0 Å². The molecule has 1 heterocycles. The summed E-state index contributed by atoms with van der Waals surface area (Å²) in [6, 6.07) is 8.57. The van der Waals surface area contributed by atoms with Crippen molar-refractivity contribution in [1.82, 2.24) is 0 Å². The van der Waals surface area contributed by atoms with Gasteiger partial charge in [-0.2, -0.15) is 5.53 Å². The number of fused-ring (bicyclic) bond motifs is 1. The molecule has 0 atom stereocenters. The lowest BCUT2D eigenvalue weighted by Crippen LogP contribution is -1.53. The molecule has 0 spiro atoms. The Balaban J connectivity index is 2.95. The molecule has 2 heteroatoms. The van der Waals surface area contributed by atoms with Gasteiger partial charge in [0.1, 0.15) is 0 Å². The minimum absolute atomic E-state index is 1.39. The zero-order valence-corrected chi connectivity index (χ0v) is 6.57. The van der Waals surface area contributed by atoms with Crippen molar-refractivity contribution < 1.29 is 0 Å². The van der Waals surface area contributed by atoms with Crippen LogP contribution in [-0.4, -0.2) is 0 Å². The molecule has 0 saturated heterocycles. The maximum atomic E-state index is 2.27. The molecular weight excluding hydrogens is 146 g/mol. The Kier molecular flexibility index (Phi) is 1.30. The van der Waals surface area contributed by atoms with Crippen molar-refractivity contribution in [2.75, 3.05) is 0 Å². The largest absolute Gasteiger partial charge is 0.307 e. The standard InChI is InChI=1S/C7H5P2/c1-2-4-7-6(3-1)8-5-9-7/h1-5H/q-1. The van der Waals surface area contributed by atoms with Gasteiger partial charge in [0.15, 0.2) is 0 Å². The molecule has 0 amide bonds. The van der Waals surface area contributed by atoms with Gasteiger partial charge in [-0.3, -0.25) is 0 Å². The van der Waals surface area contributed by atoms with Crippen molar-refractivity contribution in [3.63, 3.8) is 0 Å². The lowest BCUT2D eigenvalue weighted by atomic mass is 10.4. The fourth-order valence-corrected chi connectivity index (χ4v) is 3.17. The quantitative estimate of drug-likeness (QED) is 0.538. The van der Waals surface area contributed by atoms with Crippen LogP contribution in [0.5, 0.6) is 0 Å².